The predicted molar refractivity (Wildman–Crippen MR) is 125 cm³/mol. The lowest BCUT2D eigenvalue weighted by molar-refractivity contribution is 0.299. The van der Waals surface area contributed by atoms with E-state index < -0.39 is 0 Å². The molecule has 0 aromatic heterocycles. The van der Waals surface area contributed by atoms with Crippen molar-refractivity contribution in [3.05, 3.63) is 82.9 Å². The minimum Gasteiger partial charge on any atom is -0.396 e. The van der Waals surface area contributed by atoms with E-state index in [4.69, 9.17) is 0 Å². The van der Waals surface area contributed by atoms with Crippen LogP contribution >= 0.6 is 0 Å². The molecule has 0 atom stereocenters. The minimum absolute atomic E-state index is 0.203. The van der Waals surface area contributed by atoms with Gasteiger partial charge in [-0.2, -0.15) is 0 Å². The molecule has 0 aliphatic carbocycles. The molecule has 3 aromatic carbocycles. The average molecular weight is 387 g/mol. The van der Waals surface area contributed by atoms with Gasteiger partial charge in [-0.3, -0.25) is 0 Å². The minimum atomic E-state index is 0.203. The maximum absolute atomic E-state index is 9.24. The normalized spacial score (nSPS) is 11.0. The van der Waals surface area contributed by atoms with Crippen LogP contribution in [0, 0.1) is 0 Å². The van der Waals surface area contributed by atoms with Crippen LogP contribution in [0.3, 0.4) is 0 Å². The first-order valence-electron chi connectivity index (χ1n) is 11.1. The number of unbranched alkanes of at least 4 members (excludes halogenated alkanes) is 1. The first kappa shape index (κ1) is 21.3. The Morgan fingerprint density at radius 2 is 1.21 bits per heavy atom. The Morgan fingerprint density at radius 1 is 0.621 bits per heavy atom. The lowest BCUT2D eigenvalue weighted by Gasteiger charge is -2.15. The maximum atomic E-state index is 9.24. The smallest absolute Gasteiger partial charge is 0.0471 e. The molecule has 0 saturated carbocycles. The zero-order valence-electron chi connectivity index (χ0n) is 18.2. The topological polar surface area (TPSA) is 20.2 Å². The third-order valence-electron chi connectivity index (χ3n) is 5.83. The first-order valence-corrected chi connectivity index (χ1v) is 11.1. The van der Waals surface area contributed by atoms with Crippen LogP contribution in [-0.2, 0) is 25.7 Å². The zero-order valence-corrected chi connectivity index (χ0v) is 18.2. The highest BCUT2D eigenvalue weighted by atomic mass is 16.2. The van der Waals surface area contributed by atoms with E-state index >= 15 is 0 Å². The van der Waals surface area contributed by atoms with Gasteiger partial charge in [-0.15, -0.1) is 0 Å². The summed E-state index contributed by atoms with van der Waals surface area (Å²) in [6.07, 6.45) is 6.40. The number of aliphatic hydroxyl groups excluding tert-OH is 1. The van der Waals surface area contributed by atoms with Gasteiger partial charge in [0.25, 0.3) is 0 Å². The van der Waals surface area contributed by atoms with E-state index in [1.807, 2.05) is 0 Å². The lowest BCUT2D eigenvalue weighted by atomic mass is 9.90. The summed E-state index contributed by atoms with van der Waals surface area (Å²) in [5, 5.41) is 9.24. The molecule has 29 heavy (non-hydrogen) atoms. The predicted octanol–water partition coefficient (Wildman–Crippen LogP) is 7.02. The van der Waals surface area contributed by atoms with Crippen LogP contribution in [-0.4, -0.2) is 11.7 Å². The molecule has 0 bridgehead atoms. The second-order valence-corrected chi connectivity index (χ2v) is 7.84. The molecular formula is C28H34O. The molecule has 0 spiro atoms. The number of hydrogen-bond donors (Lipinski definition) is 1. The van der Waals surface area contributed by atoms with E-state index in [1.165, 1.54) is 63.8 Å². The number of aliphatic hydroxyl groups is 1. The molecule has 0 saturated heterocycles. The fraction of sp³-hybridized carbons (Fsp3) is 0.357. The van der Waals surface area contributed by atoms with E-state index in [0.717, 1.165) is 19.3 Å². The van der Waals surface area contributed by atoms with Crippen LogP contribution in [0.4, 0.5) is 0 Å². The molecule has 1 N–H and O–H groups in total. The maximum Gasteiger partial charge on any atom is 0.0471 e. The molecule has 0 radical (unpaired) electrons. The molecular weight excluding hydrogens is 352 g/mol. The summed E-state index contributed by atoms with van der Waals surface area (Å²) in [5.74, 6) is 0. The van der Waals surface area contributed by atoms with Crippen LogP contribution in [0.15, 0.2) is 60.7 Å². The number of rotatable bonds is 9. The van der Waals surface area contributed by atoms with Crippen molar-refractivity contribution >= 4 is 0 Å². The summed E-state index contributed by atoms with van der Waals surface area (Å²) in [5.41, 5.74) is 10.6. The molecule has 3 rings (SSSR count). The first-order chi connectivity index (χ1) is 14.2. The molecule has 0 heterocycles. The fourth-order valence-electron chi connectivity index (χ4n) is 4.07. The van der Waals surface area contributed by atoms with Crippen molar-refractivity contribution in [2.75, 3.05) is 6.61 Å². The van der Waals surface area contributed by atoms with Crippen molar-refractivity contribution < 1.29 is 5.11 Å². The Bertz CT molecular complexity index is 922. The Kier molecular flexibility index (Phi) is 7.66. The summed E-state index contributed by atoms with van der Waals surface area (Å²) in [7, 11) is 0. The van der Waals surface area contributed by atoms with E-state index in [1.54, 1.807) is 0 Å². The highest BCUT2D eigenvalue weighted by molar-refractivity contribution is 5.75. The molecule has 1 nitrogen and oxygen atoms in total. The number of hydrogen-bond acceptors (Lipinski definition) is 1. The summed E-state index contributed by atoms with van der Waals surface area (Å²) in [6.45, 7) is 6.89. The Hall–Kier alpha value is -2.38. The number of benzene rings is 3. The summed E-state index contributed by atoms with van der Waals surface area (Å²) in [6, 6.07) is 22.7. The molecule has 0 unspecified atom stereocenters. The van der Waals surface area contributed by atoms with Crippen molar-refractivity contribution in [3.63, 3.8) is 0 Å². The standard InChI is InChI=1S/C28H34O/c1-4-7-8-21-9-12-25(13-10-21)27-16-14-26(20-24(27)6-3)28-15-11-22(17-18-29)19-23(28)5-2/h9-16,19-20,29H,4-8,17-18H2,1-3H3. The molecule has 0 amide bonds. The number of aryl methyl sites for hydroxylation is 3. The molecule has 0 aliphatic rings. The van der Waals surface area contributed by atoms with Crippen LogP contribution < -0.4 is 0 Å². The van der Waals surface area contributed by atoms with Crippen LogP contribution in [0.25, 0.3) is 22.3 Å². The van der Waals surface area contributed by atoms with Gasteiger partial charge in [-0.05, 0) is 76.6 Å². The average Bonchev–Trinajstić information content (AvgIpc) is 2.77. The van der Waals surface area contributed by atoms with Crippen molar-refractivity contribution in [1.82, 2.24) is 0 Å². The van der Waals surface area contributed by atoms with Gasteiger partial charge >= 0.3 is 0 Å². The third kappa shape index (κ3) is 5.16. The van der Waals surface area contributed by atoms with E-state index in [2.05, 4.69) is 81.4 Å². The lowest BCUT2D eigenvalue weighted by Crippen LogP contribution is -1.96. The Morgan fingerprint density at radius 3 is 1.86 bits per heavy atom. The van der Waals surface area contributed by atoms with Crippen LogP contribution in [0.1, 0.15) is 55.9 Å². The summed E-state index contributed by atoms with van der Waals surface area (Å²) < 4.78 is 0. The van der Waals surface area contributed by atoms with Gasteiger partial charge in [0, 0.05) is 6.61 Å². The molecule has 3 aromatic rings. The van der Waals surface area contributed by atoms with Gasteiger partial charge in [0.1, 0.15) is 0 Å². The molecule has 0 fully saturated rings. The van der Waals surface area contributed by atoms with Gasteiger partial charge in [0.05, 0.1) is 0 Å². The second kappa shape index (κ2) is 10.4. The van der Waals surface area contributed by atoms with Gasteiger partial charge in [-0.25, -0.2) is 0 Å². The quantitative estimate of drug-likeness (QED) is 0.419. The highest BCUT2D eigenvalue weighted by Gasteiger charge is 2.10. The Balaban J connectivity index is 1.93. The van der Waals surface area contributed by atoms with Crippen LogP contribution in [0.2, 0.25) is 0 Å². The van der Waals surface area contributed by atoms with Gasteiger partial charge < -0.3 is 5.11 Å². The second-order valence-electron chi connectivity index (χ2n) is 7.84. The van der Waals surface area contributed by atoms with E-state index in [9.17, 15) is 5.11 Å². The summed E-state index contributed by atoms with van der Waals surface area (Å²) in [4.78, 5) is 0. The van der Waals surface area contributed by atoms with Crippen molar-refractivity contribution in [3.8, 4) is 22.3 Å². The van der Waals surface area contributed by atoms with E-state index in [0.29, 0.717) is 0 Å². The van der Waals surface area contributed by atoms with E-state index in [-0.39, 0.29) is 6.61 Å². The SMILES string of the molecule is CCCCc1ccc(-c2ccc(-c3ccc(CCO)cc3CC)cc2CC)cc1. The zero-order chi connectivity index (χ0) is 20.6. The largest absolute Gasteiger partial charge is 0.396 e. The van der Waals surface area contributed by atoms with Crippen molar-refractivity contribution in [1.29, 1.82) is 0 Å². The third-order valence-corrected chi connectivity index (χ3v) is 5.83. The molecule has 152 valence electrons. The Labute approximate surface area is 176 Å². The van der Waals surface area contributed by atoms with Crippen molar-refractivity contribution in [2.45, 2.75) is 59.3 Å². The fourth-order valence-corrected chi connectivity index (χ4v) is 4.07. The molecule has 0 aliphatic heterocycles. The molecule has 1 heteroatoms. The highest BCUT2D eigenvalue weighted by Crippen LogP contribution is 2.32. The monoisotopic (exact) mass is 386 g/mol. The summed E-state index contributed by atoms with van der Waals surface area (Å²) >= 11 is 0. The van der Waals surface area contributed by atoms with Crippen LogP contribution in [0.5, 0.6) is 0 Å². The van der Waals surface area contributed by atoms with Gasteiger partial charge in [-0.1, -0.05) is 87.9 Å². The van der Waals surface area contributed by atoms with Gasteiger partial charge in [0.15, 0.2) is 0 Å². The van der Waals surface area contributed by atoms with Gasteiger partial charge in [0.2, 0.25) is 0 Å². The van der Waals surface area contributed by atoms with Crippen molar-refractivity contribution in [2.24, 2.45) is 0 Å².